The van der Waals surface area contributed by atoms with E-state index in [9.17, 15) is 8.76 Å². The first-order chi connectivity index (χ1) is 6.95. The van der Waals surface area contributed by atoms with E-state index in [1.807, 2.05) is 38.1 Å². The van der Waals surface area contributed by atoms with Crippen LogP contribution >= 0.6 is 0 Å². The summed E-state index contributed by atoms with van der Waals surface area (Å²) in [5, 5.41) is 0. The van der Waals surface area contributed by atoms with Crippen molar-refractivity contribution in [1.29, 1.82) is 0 Å². The van der Waals surface area contributed by atoms with E-state index in [4.69, 9.17) is 0 Å². The van der Waals surface area contributed by atoms with Crippen LogP contribution in [-0.4, -0.2) is 8.76 Å². The summed E-state index contributed by atoms with van der Waals surface area (Å²) in [4.78, 5) is 0. The molecule has 0 aliphatic heterocycles. The van der Waals surface area contributed by atoms with Crippen LogP contribution in [0.2, 0.25) is 0 Å². The van der Waals surface area contributed by atoms with Gasteiger partial charge in [0.25, 0.3) is 0 Å². The first-order valence-corrected chi connectivity index (χ1v) is 5.99. The summed E-state index contributed by atoms with van der Waals surface area (Å²) in [6.07, 6.45) is 0.988. The molecule has 0 heterocycles. The van der Waals surface area contributed by atoms with E-state index >= 15 is 0 Å². The van der Waals surface area contributed by atoms with Crippen LogP contribution in [0.5, 0.6) is 0 Å². The Labute approximate surface area is 93.3 Å². The molecule has 1 N–H and O–H groups in total. The molecule has 0 amide bonds. The molecule has 0 saturated carbocycles. The van der Waals surface area contributed by atoms with Crippen molar-refractivity contribution in [3.05, 3.63) is 35.4 Å². The van der Waals surface area contributed by atoms with Crippen molar-refractivity contribution in [2.24, 2.45) is 0 Å². The minimum Gasteiger partial charge on any atom is -0.760 e. The largest absolute Gasteiger partial charge is 0.760 e. The van der Waals surface area contributed by atoms with Gasteiger partial charge < -0.3 is 4.55 Å². The fraction of sp³-hybridized carbons (Fsp3) is 0.455. The third kappa shape index (κ3) is 3.41. The van der Waals surface area contributed by atoms with Crippen LogP contribution in [0.3, 0.4) is 0 Å². The molecule has 1 rings (SSSR count). The number of aryl methyl sites for hydroxylation is 1. The molecule has 84 valence electrons. The highest BCUT2D eigenvalue weighted by molar-refractivity contribution is 7.77. The van der Waals surface area contributed by atoms with Crippen molar-refractivity contribution in [2.75, 3.05) is 0 Å². The summed E-state index contributed by atoms with van der Waals surface area (Å²) in [7, 11) is 0. The van der Waals surface area contributed by atoms with Gasteiger partial charge >= 0.3 is 0 Å². The van der Waals surface area contributed by atoms with E-state index in [1.54, 1.807) is 0 Å². The minimum absolute atomic E-state index is 0.557. The lowest BCUT2D eigenvalue weighted by molar-refractivity contribution is 0.449. The van der Waals surface area contributed by atoms with Crippen LogP contribution in [0, 0.1) is 0 Å². The number of nitrogens with one attached hydrogen (secondary N) is 1. The number of hydrogen-bond acceptors (Lipinski definition) is 2. The zero-order valence-corrected chi connectivity index (χ0v) is 10.1. The van der Waals surface area contributed by atoms with Crippen LogP contribution in [-0.2, 0) is 23.2 Å². The quantitative estimate of drug-likeness (QED) is 0.797. The van der Waals surface area contributed by atoms with Crippen LogP contribution in [0.1, 0.15) is 31.9 Å². The molecule has 3 nitrogen and oxygen atoms in total. The van der Waals surface area contributed by atoms with Crippen molar-refractivity contribution >= 4 is 11.3 Å². The Hall–Kier alpha value is -0.710. The van der Waals surface area contributed by atoms with Crippen molar-refractivity contribution < 1.29 is 8.76 Å². The van der Waals surface area contributed by atoms with Gasteiger partial charge in [-0.1, -0.05) is 31.2 Å². The molecular weight excluding hydrogens is 210 g/mol. The van der Waals surface area contributed by atoms with Gasteiger partial charge in [-0.25, -0.2) is 4.72 Å². The second-order valence-corrected chi connectivity index (χ2v) is 4.69. The standard InChI is InChI=1S/C11H17NO2S/c1-4-9-5-7-10(8-6-9)11(2,3)12-15(13)14/h5-8,12H,4H2,1-3H3,(H,13,14)/p-1. The van der Waals surface area contributed by atoms with E-state index in [-0.39, 0.29) is 0 Å². The molecule has 1 aromatic carbocycles. The predicted octanol–water partition coefficient (Wildman–Crippen LogP) is 1.87. The molecule has 0 aliphatic carbocycles. The Balaban J connectivity index is 2.89. The Morgan fingerprint density at radius 2 is 1.87 bits per heavy atom. The van der Waals surface area contributed by atoms with E-state index in [1.165, 1.54) is 5.56 Å². The zero-order chi connectivity index (χ0) is 11.5. The van der Waals surface area contributed by atoms with Gasteiger partial charge in [-0.3, -0.25) is 4.21 Å². The average molecular weight is 226 g/mol. The van der Waals surface area contributed by atoms with Crippen molar-refractivity contribution in [1.82, 2.24) is 4.72 Å². The molecule has 1 atom stereocenters. The predicted molar refractivity (Wildman–Crippen MR) is 60.9 cm³/mol. The molecule has 15 heavy (non-hydrogen) atoms. The van der Waals surface area contributed by atoms with Crippen LogP contribution < -0.4 is 4.72 Å². The Morgan fingerprint density at radius 1 is 1.33 bits per heavy atom. The lowest BCUT2D eigenvalue weighted by atomic mass is 9.94. The monoisotopic (exact) mass is 226 g/mol. The lowest BCUT2D eigenvalue weighted by Gasteiger charge is -2.28. The SMILES string of the molecule is CCc1ccc(C(C)(C)NS(=O)[O-])cc1. The highest BCUT2D eigenvalue weighted by Gasteiger charge is 2.19. The molecule has 1 unspecified atom stereocenters. The summed E-state index contributed by atoms with van der Waals surface area (Å²) in [5.74, 6) is 0. The van der Waals surface area contributed by atoms with Crippen LogP contribution in [0.4, 0.5) is 0 Å². The zero-order valence-electron chi connectivity index (χ0n) is 9.24. The van der Waals surface area contributed by atoms with Crippen molar-refractivity contribution in [3.63, 3.8) is 0 Å². The smallest absolute Gasteiger partial charge is 0.0487 e. The van der Waals surface area contributed by atoms with Gasteiger partial charge in [-0.05, 0) is 31.4 Å². The molecule has 0 bridgehead atoms. The fourth-order valence-corrected chi connectivity index (χ4v) is 1.96. The first-order valence-electron chi connectivity index (χ1n) is 4.92. The molecular formula is C11H16NO2S-. The lowest BCUT2D eigenvalue weighted by Crippen LogP contribution is -2.37. The van der Waals surface area contributed by atoms with Crippen LogP contribution in [0.25, 0.3) is 0 Å². The fourth-order valence-electron chi connectivity index (χ4n) is 1.42. The molecule has 0 fully saturated rings. The summed E-state index contributed by atoms with van der Waals surface area (Å²) >= 11 is -2.24. The maximum absolute atomic E-state index is 10.6. The highest BCUT2D eigenvalue weighted by Crippen LogP contribution is 2.20. The summed E-state index contributed by atoms with van der Waals surface area (Å²) in [6, 6.07) is 7.95. The number of rotatable bonds is 4. The van der Waals surface area contributed by atoms with Gasteiger partial charge in [0.05, 0.1) is 0 Å². The molecule has 0 saturated heterocycles. The van der Waals surface area contributed by atoms with Gasteiger partial charge in [0.1, 0.15) is 0 Å². The molecule has 4 heteroatoms. The summed E-state index contributed by atoms with van der Waals surface area (Å²) in [5.41, 5.74) is 1.65. The third-order valence-electron chi connectivity index (χ3n) is 2.42. The van der Waals surface area contributed by atoms with E-state index in [0.717, 1.165) is 12.0 Å². The first kappa shape index (κ1) is 12.4. The normalized spacial score (nSPS) is 13.9. The van der Waals surface area contributed by atoms with Gasteiger partial charge in [0.15, 0.2) is 0 Å². The maximum Gasteiger partial charge on any atom is 0.0487 e. The maximum atomic E-state index is 10.6. The summed E-state index contributed by atoms with van der Waals surface area (Å²) in [6.45, 7) is 5.76. The van der Waals surface area contributed by atoms with Gasteiger partial charge in [0.2, 0.25) is 0 Å². The Kier molecular flexibility index (Phi) is 4.02. The molecule has 0 radical (unpaired) electrons. The van der Waals surface area contributed by atoms with Gasteiger partial charge in [0, 0.05) is 16.8 Å². The number of benzene rings is 1. The third-order valence-corrected chi connectivity index (χ3v) is 3.10. The molecule has 0 spiro atoms. The van der Waals surface area contributed by atoms with Crippen LogP contribution in [0.15, 0.2) is 24.3 Å². The second-order valence-electron chi connectivity index (χ2n) is 4.01. The number of hydrogen-bond donors (Lipinski definition) is 1. The summed E-state index contributed by atoms with van der Waals surface area (Å²) < 4.78 is 23.7. The topological polar surface area (TPSA) is 52.2 Å². The van der Waals surface area contributed by atoms with Gasteiger partial charge in [-0.15, -0.1) is 0 Å². The minimum atomic E-state index is -2.24. The van der Waals surface area contributed by atoms with Crippen molar-refractivity contribution in [3.8, 4) is 0 Å². The van der Waals surface area contributed by atoms with Gasteiger partial charge in [-0.2, -0.15) is 0 Å². The van der Waals surface area contributed by atoms with E-state index in [0.29, 0.717) is 0 Å². The van der Waals surface area contributed by atoms with Crippen molar-refractivity contribution in [2.45, 2.75) is 32.7 Å². The molecule has 1 aromatic rings. The highest BCUT2D eigenvalue weighted by atomic mass is 32.2. The molecule has 0 aromatic heterocycles. The van der Waals surface area contributed by atoms with E-state index in [2.05, 4.69) is 11.6 Å². The Bertz CT molecular complexity index is 346. The average Bonchev–Trinajstić information content (AvgIpc) is 2.16. The molecule has 0 aliphatic rings. The van der Waals surface area contributed by atoms with E-state index < -0.39 is 16.8 Å². The second kappa shape index (κ2) is 4.88. The Morgan fingerprint density at radius 3 is 2.27 bits per heavy atom.